The van der Waals surface area contributed by atoms with Crippen molar-refractivity contribution in [3.63, 3.8) is 0 Å². The molecule has 0 radical (unpaired) electrons. The molecule has 4 N–H and O–H groups in total. The molecular formula is C17H27N3O2. The molecule has 5 heteroatoms. The number of nitrogens with one attached hydrogen (secondary N) is 2. The van der Waals surface area contributed by atoms with Gasteiger partial charge < -0.3 is 21.1 Å². The fraction of sp³-hybridized carbons (Fsp3) is 0.588. The average molecular weight is 305 g/mol. The first-order chi connectivity index (χ1) is 10.7. The van der Waals surface area contributed by atoms with Crippen molar-refractivity contribution in [2.24, 2.45) is 5.73 Å². The quantitative estimate of drug-likeness (QED) is 0.676. The molecule has 1 fully saturated rings. The second kappa shape index (κ2) is 8.63. The van der Waals surface area contributed by atoms with Crippen LogP contribution in [0.2, 0.25) is 0 Å². The van der Waals surface area contributed by atoms with Crippen molar-refractivity contribution in [3.05, 3.63) is 29.8 Å². The van der Waals surface area contributed by atoms with Crippen molar-refractivity contribution in [2.45, 2.75) is 51.1 Å². The molecule has 122 valence electrons. The summed E-state index contributed by atoms with van der Waals surface area (Å²) in [5.41, 5.74) is 7.03. The number of amides is 2. The molecule has 1 aliphatic carbocycles. The SMILES string of the molecule is CCOc1ccccc1CCCNC(=O)N[C@@H]1CC[C@@H](N)C1. The number of hydrogen-bond donors (Lipinski definition) is 3. The molecule has 0 aliphatic heterocycles. The summed E-state index contributed by atoms with van der Waals surface area (Å²) < 4.78 is 5.60. The Labute approximate surface area is 132 Å². The molecule has 0 saturated heterocycles. The molecule has 1 aliphatic rings. The number of benzene rings is 1. The lowest BCUT2D eigenvalue weighted by Gasteiger charge is -2.14. The molecule has 0 unspecified atom stereocenters. The number of hydrogen-bond acceptors (Lipinski definition) is 3. The summed E-state index contributed by atoms with van der Waals surface area (Å²) in [5, 5.41) is 5.90. The maximum atomic E-state index is 11.8. The van der Waals surface area contributed by atoms with Gasteiger partial charge >= 0.3 is 6.03 Å². The maximum absolute atomic E-state index is 11.8. The number of carbonyl (C=O) groups is 1. The fourth-order valence-corrected chi connectivity index (χ4v) is 2.87. The van der Waals surface area contributed by atoms with Crippen molar-refractivity contribution in [1.29, 1.82) is 0 Å². The van der Waals surface area contributed by atoms with Crippen LogP contribution in [-0.4, -0.2) is 31.3 Å². The monoisotopic (exact) mass is 305 g/mol. The van der Waals surface area contributed by atoms with Crippen LogP contribution in [0, 0.1) is 0 Å². The lowest BCUT2D eigenvalue weighted by molar-refractivity contribution is 0.237. The molecule has 0 aromatic heterocycles. The number of para-hydroxylation sites is 1. The lowest BCUT2D eigenvalue weighted by Crippen LogP contribution is -2.41. The van der Waals surface area contributed by atoms with Gasteiger partial charge in [0, 0.05) is 18.6 Å². The topological polar surface area (TPSA) is 76.4 Å². The Kier molecular flexibility index (Phi) is 6.52. The minimum atomic E-state index is -0.0859. The van der Waals surface area contributed by atoms with Crippen LogP contribution in [0.25, 0.3) is 0 Å². The average Bonchev–Trinajstić information content (AvgIpc) is 2.90. The van der Waals surface area contributed by atoms with Gasteiger partial charge in [0.2, 0.25) is 0 Å². The number of aryl methyl sites for hydroxylation is 1. The highest BCUT2D eigenvalue weighted by Crippen LogP contribution is 2.19. The largest absolute Gasteiger partial charge is 0.494 e. The zero-order valence-corrected chi connectivity index (χ0v) is 13.3. The summed E-state index contributed by atoms with van der Waals surface area (Å²) >= 11 is 0. The second-order valence-electron chi connectivity index (χ2n) is 5.81. The molecule has 2 rings (SSSR count). The molecule has 0 bridgehead atoms. The minimum absolute atomic E-state index is 0.0859. The third-order valence-corrected chi connectivity index (χ3v) is 3.99. The maximum Gasteiger partial charge on any atom is 0.315 e. The first-order valence-corrected chi connectivity index (χ1v) is 8.19. The zero-order chi connectivity index (χ0) is 15.8. The van der Waals surface area contributed by atoms with E-state index in [-0.39, 0.29) is 18.1 Å². The number of nitrogens with two attached hydrogens (primary N) is 1. The van der Waals surface area contributed by atoms with Crippen molar-refractivity contribution in [1.82, 2.24) is 10.6 Å². The molecule has 1 aromatic carbocycles. The molecule has 1 aromatic rings. The van der Waals surface area contributed by atoms with Gasteiger partial charge in [0.05, 0.1) is 6.61 Å². The molecule has 2 atom stereocenters. The summed E-state index contributed by atoms with van der Waals surface area (Å²) in [4.78, 5) is 11.8. The van der Waals surface area contributed by atoms with E-state index in [1.807, 2.05) is 25.1 Å². The van der Waals surface area contributed by atoms with Crippen LogP contribution in [0.5, 0.6) is 5.75 Å². The normalized spacial score (nSPS) is 20.6. The van der Waals surface area contributed by atoms with E-state index in [9.17, 15) is 4.79 Å². The van der Waals surface area contributed by atoms with E-state index in [2.05, 4.69) is 16.7 Å². The van der Waals surface area contributed by atoms with Crippen molar-refractivity contribution >= 4 is 6.03 Å². The van der Waals surface area contributed by atoms with E-state index < -0.39 is 0 Å². The predicted molar refractivity (Wildman–Crippen MR) is 88.1 cm³/mol. The summed E-state index contributed by atoms with van der Waals surface area (Å²) in [5.74, 6) is 0.939. The highest BCUT2D eigenvalue weighted by atomic mass is 16.5. The second-order valence-corrected chi connectivity index (χ2v) is 5.81. The van der Waals surface area contributed by atoms with Gasteiger partial charge in [-0.1, -0.05) is 18.2 Å². The number of rotatable bonds is 7. The molecular weight excluding hydrogens is 278 g/mol. The van der Waals surface area contributed by atoms with Crippen LogP contribution >= 0.6 is 0 Å². The van der Waals surface area contributed by atoms with Gasteiger partial charge in [0.15, 0.2) is 0 Å². The summed E-state index contributed by atoms with van der Waals surface area (Å²) in [6.07, 6.45) is 4.65. The molecule has 0 heterocycles. The Bertz CT molecular complexity index is 479. The number of carbonyl (C=O) groups excluding carboxylic acids is 1. The van der Waals surface area contributed by atoms with E-state index in [1.54, 1.807) is 0 Å². The molecule has 0 spiro atoms. The van der Waals surface area contributed by atoms with Crippen molar-refractivity contribution in [2.75, 3.05) is 13.2 Å². The van der Waals surface area contributed by atoms with Crippen molar-refractivity contribution in [3.8, 4) is 5.75 Å². The van der Waals surface area contributed by atoms with E-state index in [1.165, 1.54) is 5.56 Å². The molecule has 22 heavy (non-hydrogen) atoms. The minimum Gasteiger partial charge on any atom is -0.494 e. The Morgan fingerprint density at radius 2 is 2.18 bits per heavy atom. The Hall–Kier alpha value is -1.75. The zero-order valence-electron chi connectivity index (χ0n) is 13.3. The molecule has 1 saturated carbocycles. The molecule has 2 amide bonds. The van der Waals surface area contributed by atoms with Crippen LogP contribution in [0.1, 0.15) is 38.2 Å². The highest BCUT2D eigenvalue weighted by Gasteiger charge is 2.22. The number of ether oxygens (including phenoxy) is 1. The summed E-state index contributed by atoms with van der Waals surface area (Å²) in [6, 6.07) is 8.44. The highest BCUT2D eigenvalue weighted by molar-refractivity contribution is 5.74. The van der Waals surface area contributed by atoms with E-state index in [0.29, 0.717) is 13.2 Å². The number of urea groups is 1. The van der Waals surface area contributed by atoms with Gasteiger partial charge in [0.1, 0.15) is 5.75 Å². The third-order valence-electron chi connectivity index (χ3n) is 3.99. The van der Waals surface area contributed by atoms with Gasteiger partial charge in [0.25, 0.3) is 0 Å². The van der Waals surface area contributed by atoms with Gasteiger partial charge in [-0.25, -0.2) is 4.79 Å². The van der Waals surface area contributed by atoms with Crippen molar-refractivity contribution < 1.29 is 9.53 Å². The Morgan fingerprint density at radius 3 is 2.91 bits per heavy atom. The molecule has 5 nitrogen and oxygen atoms in total. The lowest BCUT2D eigenvalue weighted by atomic mass is 10.1. The Morgan fingerprint density at radius 1 is 1.36 bits per heavy atom. The summed E-state index contributed by atoms with van der Waals surface area (Å²) in [6.45, 7) is 3.31. The van der Waals surface area contributed by atoms with Gasteiger partial charge in [-0.05, 0) is 50.7 Å². The predicted octanol–water partition coefficient (Wildman–Crippen LogP) is 2.20. The van der Waals surface area contributed by atoms with Crippen LogP contribution in [-0.2, 0) is 6.42 Å². The van der Waals surface area contributed by atoms with Gasteiger partial charge in [-0.15, -0.1) is 0 Å². The van der Waals surface area contributed by atoms with Gasteiger partial charge in [-0.2, -0.15) is 0 Å². The fourth-order valence-electron chi connectivity index (χ4n) is 2.87. The Balaban J connectivity index is 1.65. The van der Waals surface area contributed by atoms with Crippen LogP contribution < -0.4 is 21.1 Å². The van der Waals surface area contributed by atoms with Gasteiger partial charge in [-0.3, -0.25) is 0 Å². The van der Waals surface area contributed by atoms with Crippen LogP contribution in [0.15, 0.2) is 24.3 Å². The first kappa shape index (κ1) is 16.6. The van der Waals surface area contributed by atoms with Crippen LogP contribution in [0.3, 0.4) is 0 Å². The van der Waals surface area contributed by atoms with Crippen LogP contribution in [0.4, 0.5) is 4.79 Å². The van der Waals surface area contributed by atoms with E-state index in [4.69, 9.17) is 10.5 Å². The smallest absolute Gasteiger partial charge is 0.315 e. The summed E-state index contributed by atoms with van der Waals surface area (Å²) in [7, 11) is 0. The first-order valence-electron chi connectivity index (χ1n) is 8.19. The van der Waals surface area contributed by atoms with E-state index >= 15 is 0 Å². The third kappa shape index (κ3) is 5.22. The standard InChI is InChI=1S/C17H27N3O2/c1-2-22-16-8-4-3-6-13(16)7-5-11-19-17(21)20-15-10-9-14(18)12-15/h3-4,6,8,14-15H,2,5,7,9-12,18H2,1H3,(H2,19,20,21)/t14-,15-/m1/s1. The van der Waals surface area contributed by atoms with E-state index in [0.717, 1.165) is 37.9 Å².